The molecule has 0 saturated carbocycles. The molecule has 0 aromatic carbocycles. The van der Waals surface area contributed by atoms with Crippen LogP contribution in [0.25, 0.3) is 0 Å². The molecule has 0 aliphatic carbocycles. The van der Waals surface area contributed by atoms with E-state index in [9.17, 15) is 0 Å². The van der Waals surface area contributed by atoms with E-state index in [1.807, 2.05) is 6.26 Å². The summed E-state index contributed by atoms with van der Waals surface area (Å²) < 4.78 is 5.56. The maximum Gasteiger partial charge on any atom is 0.0873 e. The van der Waals surface area contributed by atoms with Crippen molar-refractivity contribution in [2.24, 2.45) is 0 Å². The fourth-order valence-corrected chi connectivity index (χ4v) is 1.91. The second-order valence-corrected chi connectivity index (χ2v) is 4.83. The average Bonchev–Trinajstić information content (AvgIpc) is 2.36. The van der Waals surface area contributed by atoms with Crippen molar-refractivity contribution in [1.29, 1.82) is 0 Å². The average molecular weight is 240 g/mol. The maximum atomic E-state index is 5.56. The molecule has 0 N–H and O–H groups in total. The van der Waals surface area contributed by atoms with Gasteiger partial charge in [-0.25, -0.2) is 0 Å². The van der Waals surface area contributed by atoms with Crippen LogP contribution in [0.15, 0.2) is 11.8 Å². The van der Waals surface area contributed by atoms with Gasteiger partial charge in [-0.2, -0.15) is 0 Å². The molecule has 1 nitrogen and oxygen atoms in total. The Hall–Kier alpha value is -0.460. The van der Waals surface area contributed by atoms with Crippen molar-refractivity contribution in [2.45, 2.75) is 85.0 Å². The molecule has 0 bridgehead atoms. The molecule has 0 amide bonds. The van der Waals surface area contributed by atoms with Crippen molar-refractivity contribution < 1.29 is 4.74 Å². The third-order valence-electron chi connectivity index (χ3n) is 3.27. The molecule has 0 saturated heterocycles. The van der Waals surface area contributed by atoms with Gasteiger partial charge in [0.15, 0.2) is 0 Å². The Kier molecular flexibility index (Phi) is 13.2. The molecule has 0 atom stereocenters. The van der Waals surface area contributed by atoms with Gasteiger partial charge in [-0.15, -0.1) is 0 Å². The maximum absolute atomic E-state index is 5.56. The van der Waals surface area contributed by atoms with Crippen molar-refractivity contribution in [2.75, 3.05) is 6.61 Å². The minimum Gasteiger partial charge on any atom is -0.501 e. The summed E-state index contributed by atoms with van der Waals surface area (Å²) in [5, 5.41) is 0. The van der Waals surface area contributed by atoms with Gasteiger partial charge in [0.1, 0.15) is 0 Å². The number of rotatable bonds is 12. The number of hydrogen-bond donors (Lipinski definition) is 0. The lowest BCUT2D eigenvalue weighted by molar-refractivity contribution is 0.236. The zero-order valence-electron chi connectivity index (χ0n) is 12.3. The highest BCUT2D eigenvalue weighted by Gasteiger charge is 1.92. The summed E-state index contributed by atoms with van der Waals surface area (Å²) in [6.45, 7) is 7.55. The summed E-state index contributed by atoms with van der Waals surface area (Å²) in [6.07, 6.45) is 15.1. The zero-order valence-corrected chi connectivity index (χ0v) is 12.3. The van der Waals surface area contributed by atoms with Gasteiger partial charge in [-0.05, 0) is 24.8 Å². The topological polar surface area (TPSA) is 9.23 Å². The molecule has 0 aromatic rings. The van der Waals surface area contributed by atoms with E-state index in [0.717, 1.165) is 19.4 Å². The van der Waals surface area contributed by atoms with Crippen molar-refractivity contribution in [1.82, 2.24) is 0 Å². The minimum atomic E-state index is 0.901. The van der Waals surface area contributed by atoms with E-state index in [2.05, 4.69) is 20.8 Å². The second kappa shape index (κ2) is 13.6. The van der Waals surface area contributed by atoms with Crippen LogP contribution in [0.4, 0.5) is 0 Å². The SMILES string of the molecule is CCCCCCCCCCOC=C(CC)CC. The summed E-state index contributed by atoms with van der Waals surface area (Å²) in [4.78, 5) is 0. The third kappa shape index (κ3) is 11.8. The highest BCUT2D eigenvalue weighted by atomic mass is 16.5. The van der Waals surface area contributed by atoms with E-state index in [1.165, 1.54) is 56.9 Å². The van der Waals surface area contributed by atoms with E-state index in [0.29, 0.717) is 0 Å². The molecule has 17 heavy (non-hydrogen) atoms. The smallest absolute Gasteiger partial charge is 0.0873 e. The molecule has 1 heteroatoms. The first-order chi connectivity index (χ1) is 8.35. The van der Waals surface area contributed by atoms with Crippen LogP contribution in [0, 0.1) is 0 Å². The van der Waals surface area contributed by atoms with Crippen LogP contribution in [-0.4, -0.2) is 6.61 Å². The zero-order chi connectivity index (χ0) is 12.8. The van der Waals surface area contributed by atoms with Gasteiger partial charge in [-0.3, -0.25) is 0 Å². The highest BCUT2D eigenvalue weighted by molar-refractivity contribution is 4.95. The minimum absolute atomic E-state index is 0.901. The summed E-state index contributed by atoms with van der Waals surface area (Å²) in [7, 11) is 0. The Morgan fingerprint density at radius 3 is 1.82 bits per heavy atom. The van der Waals surface area contributed by atoms with Crippen molar-refractivity contribution in [3.8, 4) is 0 Å². The number of unbranched alkanes of at least 4 members (excludes halogenated alkanes) is 7. The fourth-order valence-electron chi connectivity index (χ4n) is 1.91. The molecule has 0 radical (unpaired) electrons. The van der Waals surface area contributed by atoms with Gasteiger partial charge in [0, 0.05) is 0 Å². The van der Waals surface area contributed by atoms with Crippen LogP contribution in [0.1, 0.15) is 85.0 Å². The predicted octanol–water partition coefficient (Wildman–Crippen LogP) is 5.85. The van der Waals surface area contributed by atoms with Crippen LogP contribution in [-0.2, 0) is 4.74 Å². The third-order valence-corrected chi connectivity index (χ3v) is 3.27. The van der Waals surface area contributed by atoms with Crippen molar-refractivity contribution in [3.05, 3.63) is 11.8 Å². The molecule has 0 aromatic heterocycles. The summed E-state index contributed by atoms with van der Waals surface area (Å²) in [5.41, 5.74) is 1.42. The van der Waals surface area contributed by atoms with Gasteiger partial charge in [-0.1, -0.05) is 65.7 Å². The van der Waals surface area contributed by atoms with Crippen LogP contribution < -0.4 is 0 Å². The summed E-state index contributed by atoms with van der Waals surface area (Å²) in [5.74, 6) is 0. The predicted molar refractivity (Wildman–Crippen MR) is 77.2 cm³/mol. The molecule has 0 aliphatic rings. The largest absolute Gasteiger partial charge is 0.501 e. The standard InChI is InChI=1S/C16H32O/c1-4-7-8-9-10-11-12-13-14-17-15-16(5-2)6-3/h15H,4-14H2,1-3H3. The first kappa shape index (κ1) is 16.5. The molecule has 0 fully saturated rings. The van der Waals surface area contributed by atoms with Crippen LogP contribution in [0.5, 0.6) is 0 Å². The molecule has 0 unspecified atom stereocenters. The normalized spacial score (nSPS) is 10.3. The lowest BCUT2D eigenvalue weighted by atomic mass is 10.1. The molecule has 0 heterocycles. The van der Waals surface area contributed by atoms with Crippen LogP contribution in [0.2, 0.25) is 0 Å². The van der Waals surface area contributed by atoms with E-state index in [4.69, 9.17) is 4.74 Å². The van der Waals surface area contributed by atoms with E-state index in [-0.39, 0.29) is 0 Å². The van der Waals surface area contributed by atoms with Crippen molar-refractivity contribution in [3.63, 3.8) is 0 Å². The first-order valence-electron chi connectivity index (χ1n) is 7.64. The lowest BCUT2D eigenvalue weighted by Crippen LogP contribution is -1.90. The van der Waals surface area contributed by atoms with Gasteiger partial charge in [0.25, 0.3) is 0 Å². The molecule has 0 aliphatic heterocycles. The lowest BCUT2D eigenvalue weighted by Gasteiger charge is -2.04. The van der Waals surface area contributed by atoms with Gasteiger partial charge in [0.05, 0.1) is 12.9 Å². The quantitative estimate of drug-likeness (QED) is 0.307. The Morgan fingerprint density at radius 1 is 0.765 bits per heavy atom. The monoisotopic (exact) mass is 240 g/mol. The fraction of sp³-hybridized carbons (Fsp3) is 0.875. The summed E-state index contributed by atoms with van der Waals surface area (Å²) in [6, 6.07) is 0. The van der Waals surface area contributed by atoms with Crippen LogP contribution in [0.3, 0.4) is 0 Å². The van der Waals surface area contributed by atoms with E-state index >= 15 is 0 Å². The van der Waals surface area contributed by atoms with E-state index in [1.54, 1.807) is 0 Å². The first-order valence-corrected chi connectivity index (χ1v) is 7.64. The Balaban J connectivity index is 3.15. The number of hydrogen-bond acceptors (Lipinski definition) is 1. The van der Waals surface area contributed by atoms with Crippen LogP contribution >= 0.6 is 0 Å². The molecular weight excluding hydrogens is 208 g/mol. The highest BCUT2D eigenvalue weighted by Crippen LogP contribution is 2.09. The van der Waals surface area contributed by atoms with Gasteiger partial charge < -0.3 is 4.74 Å². The number of allylic oxidation sites excluding steroid dienone is 1. The number of ether oxygens (including phenoxy) is 1. The molecule has 0 rings (SSSR count). The van der Waals surface area contributed by atoms with Crippen molar-refractivity contribution >= 4 is 0 Å². The molecule has 102 valence electrons. The Bertz CT molecular complexity index is 166. The molecular formula is C16H32O. The summed E-state index contributed by atoms with van der Waals surface area (Å²) >= 11 is 0. The second-order valence-electron chi connectivity index (χ2n) is 4.83. The van der Waals surface area contributed by atoms with Gasteiger partial charge in [0.2, 0.25) is 0 Å². The molecule has 0 spiro atoms. The Labute approximate surface area is 109 Å². The Morgan fingerprint density at radius 2 is 1.29 bits per heavy atom. The van der Waals surface area contributed by atoms with Gasteiger partial charge >= 0.3 is 0 Å². The van der Waals surface area contributed by atoms with E-state index < -0.39 is 0 Å².